The molecule has 1 unspecified atom stereocenters. The number of hydrogen-bond acceptors (Lipinski definition) is 2. The van der Waals surface area contributed by atoms with Gasteiger partial charge in [-0.05, 0) is 38.0 Å². The van der Waals surface area contributed by atoms with E-state index in [-0.39, 0.29) is 11.9 Å². The quantitative estimate of drug-likeness (QED) is 0.600. The van der Waals surface area contributed by atoms with Gasteiger partial charge in [-0.1, -0.05) is 13.3 Å². The lowest BCUT2D eigenvalue weighted by molar-refractivity contribution is -0.121. The molecule has 0 aromatic rings. The molecule has 2 N–H and O–H groups in total. The van der Waals surface area contributed by atoms with Crippen LogP contribution in [0.3, 0.4) is 0 Å². The molecule has 5 heteroatoms. The third kappa shape index (κ3) is 4.11. The predicted octanol–water partition coefficient (Wildman–Crippen LogP) is 1.74. The maximum absolute atomic E-state index is 11.8. The van der Waals surface area contributed by atoms with Crippen molar-refractivity contribution in [1.82, 2.24) is 15.5 Å². The van der Waals surface area contributed by atoms with Crippen LogP contribution in [0.5, 0.6) is 0 Å². The van der Waals surface area contributed by atoms with Crippen LogP contribution in [-0.4, -0.2) is 49.5 Å². The summed E-state index contributed by atoms with van der Waals surface area (Å²) in [6.07, 6.45) is 6.90. The molecule has 120 valence electrons. The Morgan fingerprint density at radius 3 is 2.67 bits per heavy atom. The minimum absolute atomic E-state index is 0.115. The third-order valence-corrected chi connectivity index (χ3v) is 5.02. The van der Waals surface area contributed by atoms with Crippen molar-refractivity contribution in [2.75, 3.05) is 26.7 Å². The van der Waals surface area contributed by atoms with Gasteiger partial charge in [0, 0.05) is 39.1 Å². The van der Waals surface area contributed by atoms with Crippen molar-refractivity contribution in [3.63, 3.8) is 0 Å². The Bertz CT molecular complexity index is 390. The molecule has 0 radical (unpaired) electrons. The maximum Gasteiger partial charge on any atom is 0.221 e. The predicted molar refractivity (Wildman–Crippen MR) is 86.3 cm³/mol. The van der Waals surface area contributed by atoms with Crippen LogP contribution in [0, 0.1) is 5.41 Å². The highest BCUT2D eigenvalue weighted by atomic mass is 16.1. The Balaban J connectivity index is 1.70. The van der Waals surface area contributed by atoms with Crippen LogP contribution in [0.1, 0.15) is 52.4 Å². The van der Waals surface area contributed by atoms with Crippen LogP contribution in [0.4, 0.5) is 0 Å². The Labute approximate surface area is 128 Å². The molecule has 1 atom stereocenters. The second kappa shape index (κ2) is 7.14. The minimum Gasteiger partial charge on any atom is -0.356 e. The maximum atomic E-state index is 11.8. The summed E-state index contributed by atoms with van der Waals surface area (Å²) in [6, 6.07) is 0.258. The Hall–Kier alpha value is -1.26. The van der Waals surface area contributed by atoms with Crippen molar-refractivity contribution in [2.45, 2.75) is 58.4 Å². The molecule has 1 heterocycles. The zero-order valence-corrected chi connectivity index (χ0v) is 13.7. The number of nitrogens with zero attached hydrogens (tertiary/aromatic N) is 2. The number of rotatable bonds is 5. The fourth-order valence-corrected chi connectivity index (χ4v) is 3.27. The van der Waals surface area contributed by atoms with Crippen LogP contribution in [0.15, 0.2) is 4.99 Å². The SMILES string of the molecule is CCC(C)NC(=O)CCNC(=NC)N1CCC2(CCC2)C1. The van der Waals surface area contributed by atoms with Gasteiger partial charge in [0.15, 0.2) is 5.96 Å². The summed E-state index contributed by atoms with van der Waals surface area (Å²) in [6.45, 7) is 6.99. The lowest BCUT2D eigenvalue weighted by Crippen LogP contribution is -2.43. The van der Waals surface area contributed by atoms with E-state index in [4.69, 9.17) is 0 Å². The molecule has 2 aliphatic rings. The second-order valence-electron chi connectivity index (χ2n) is 6.63. The molecule has 1 spiro atoms. The van der Waals surface area contributed by atoms with Gasteiger partial charge in [0.25, 0.3) is 0 Å². The van der Waals surface area contributed by atoms with E-state index in [2.05, 4.69) is 27.4 Å². The highest BCUT2D eigenvalue weighted by Crippen LogP contribution is 2.47. The number of carbonyl (C=O) groups excluding carboxylic acids is 1. The van der Waals surface area contributed by atoms with Crippen LogP contribution >= 0.6 is 0 Å². The average molecular weight is 294 g/mol. The first-order chi connectivity index (χ1) is 10.1. The number of aliphatic imine (C=N–C) groups is 1. The van der Waals surface area contributed by atoms with E-state index in [9.17, 15) is 4.79 Å². The second-order valence-corrected chi connectivity index (χ2v) is 6.63. The summed E-state index contributed by atoms with van der Waals surface area (Å²) in [5.74, 6) is 1.07. The van der Waals surface area contributed by atoms with Gasteiger partial charge in [-0.3, -0.25) is 9.79 Å². The molecule has 2 fully saturated rings. The summed E-state index contributed by atoms with van der Waals surface area (Å²) in [5.41, 5.74) is 0.575. The van der Waals surface area contributed by atoms with E-state index in [1.807, 2.05) is 14.0 Å². The molecule has 2 rings (SSSR count). The molecule has 21 heavy (non-hydrogen) atoms. The van der Waals surface area contributed by atoms with Crippen molar-refractivity contribution in [2.24, 2.45) is 10.4 Å². The zero-order chi connectivity index (χ0) is 15.3. The Morgan fingerprint density at radius 2 is 2.14 bits per heavy atom. The number of hydrogen-bond donors (Lipinski definition) is 2. The van der Waals surface area contributed by atoms with Gasteiger partial charge >= 0.3 is 0 Å². The molecule has 5 nitrogen and oxygen atoms in total. The van der Waals surface area contributed by atoms with Crippen molar-refractivity contribution < 1.29 is 4.79 Å². The number of guanidine groups is 1. The number of likely N-dealkylation sites (tertiary alicyclic amines) is 1. The normalized spacial score (nSPS) is 22.0. The first-order valence-electron chi connectivity index (χ1n) is 8.33. The van der Waals surface area contributed by atoms with Crippen molar-refractivity contribution in [3.05, 3.63) is 0 Å². The molecule has 1 aliphatic heterocycles. The Morgan fingerprint density at radius 1 is 1.38 bits per heavy atom. The summed E-state index contributed by atoms with van der Waals surface area (Å²) in [7, 11) is 1.83. The van der Waals surface area contributed by atoms with E-state index in [0.29, 0.717) is 18.4 Å². The molecule has 1 aliphatic carbocycles. The molecule has 1 amide bonds. The summed E-state index contributed by atoms with van der Waals surface area (Å²) in [4.78, 5) is 18.5. The zero-order valence-electron chi connectivity index (χ0n) is 13.7. The monoisotopic (exact) mass is 294 g/mol. The highest BCUT2D eigenvalue weighted by molar-refractivity contribution is 5.81. The van der Waals surface area contributed by atoms with E-state index < -0.39 is 0 Å². The fourth-order valence-electron chi connectivity index (χ4n) is 3.27. The summed E-state index contributed by atoms with van der Waals surface area (Å²) < 4.78 is 0. The average Bonchev–Trinajstić information content (AvgIpc) is 2.88. The van der Waals surface area contributed by atoms with Gasteiger partial charge < -0.3 is 15.5 Å². The van der Waals surface area contributed by atoms with Crippen LogP contribution < -0.4 is 10.6 Å². The van der Waals surface area contributed by atoms with Gasteiger partial charge in [0.2, 0.25) is 5.91 Å². The molecule has 0 aromatic heterocycles. The first kappa shape index (κ1) is 16.1. The van der Waals surface area contributed by atoms with Crippen molar-refractivity contribution >= 4 is 11.9 Å². The lowest BCUT2D eigenvalue weighted by atomic mass is 9.68. The molecular formula is C16H30N4O. The smallest absolute Gasteiger partial charge is 0.221 e. The molecule has 1 saturated carbocycles. The molecule has 0 aromatic carbocycles. The molecule has 0 bridgehead atoms. The van der Waals surface area contributed by atoms with Crippen molar-refractivity contribution in [1.29, 1.82) is 0 Å². The van der Waals surface area contributed by atoms with Gasteiger partial charge in [-0.2, -0.15) is 0 Å². The highest BCUT2D eigenvalue weighted by Gasteiger charge is 2.43. The van der Waals surface area contributed by atoms with Gasteiger partial charge in [0.05, 0.1) is 0 Å². The molecule has 1 saturated heterocycles. The number of nitrogens with one attached hydrogen (secondary N) is 2. The summed E-state index contributed by atoms with van der Waals surface area (Å²) in [5, 5.41) is 6.32. The van der Waals surface area contributed by atoms with E-state index >= 15 is 0 Å². The number of amides is 1. The minimum atomic E-state index is 0.115. The first-order valence-corrected chi connectivity index (χ1v) is 8.33. The largest absolute Gasteiger partial charge is 0.356 e. The van der Waals surface area contributed by atoms with Crippen molar-refractivity contribution in [3.8, 4) is 0 Å². The van der Waals surface area contributed by atoms with E-state index in [0.717, 1.165) is 25.5 Å². The lowest BCUT2D eigenvalue weighted by Gasteiger charge is -2.38. The van der Waals surface area contributed by atoms with Crippen LogP contribution in [0.2, 0.25) is 0 Å². The van der Waals surface area contributed by atoms with E-state index in [1.165, 1.54) is 25.7 Å². The van der Waals surface area contributed by atoms with E-state index in [1.54, 1.807) is 0 Å². The van der Waals surface area contributed by atoms with Gasteiger partial charge in [-0.25, -0.2) is 0 Å². The van der Waals surface area contributed by atoms with Gasteiger partial charge in [-0.15, -0.1) is 0 Å². The molecular weight excluding hydrogens is 264 g/mol. The Kier molecular flexibility index (Phi) is 5.48. The van der Waals surface area contributed by atoms with Crippen LogP contribution in [0.25, 0.3) is 0 Å². The topological polar surface area (TPSA) is 56.7 Å². The third-order valence-electron chi connectivity index (χ3n) is 5.02. The fraction of sp³-hybridized carbons (Fsp3) is 0.875. The van der Waals surface area contributed by atoms with Crippen LogP contribution in [-0.2, 0) is 4.79 Å². The van der Waals surface area contributed by atoms with Gasteiger partial charge in [0.1, 0.15) is 0 Å². The summed E-state index contributed by atoms with van der Waals surface area (Å²) >= 11 is 0. The standard InChI is InChI=1S/C16H30N4O/c1-4-13(2)19-14(21)6-10-18-15(17-3)20-11-9-16(12-20)7-5-8-16/h13H,4-12H2,1-3H3,(H,17,18)(H,19,21). The number of carbonyl (C=O) groups is 1.